The second kappa shape index (κ2) is 6.29. The molecule has 2 aromatic carbocycles. The van der Waals surface area contributed by atoms with Gasteiger partial charge in [0.15, 0.2) is 0 Å². The SMILES string of the molecule is CCNC(CC1Cc2ccccc21)c1ccc(F)cc1Br. The van der Waals surface area contributed by atoms with Crippen LogP contribution in [0, 0.1) is 5.82 Å². The monoisotopic (exact) mass is 347 g/mol. The summed E-state index contributed by atoms with van der Waals surface area (Å²) in [5.74, 6) is 0.400. The summed E-state index contributed by atoms with van der Waals surface area (Å²) >= 11 is 3.50. The van der Waals surface area contributed by atoms with E-state index in [2.05, 4.69) is 52.4 Å². The topological polar surface area (TPSA) is 12.0 Å². The third-order valence-electron chi connectivity index (χ3n) is 4.27. The van der Waals surface area contributed by atoms with E-state index in [4.69, 9.17) is 0 Å². The number of hydrogen-bond acceptors (Lipinski definition) is 1. The van der Waals surface area contributed by atoms with Gasteiger partial charge in [0.1, 0.15) is 5.82 Å². The zero-order valence-corrected chi connectivity index (χ0v) is 13.7. The standard InChI is InChI=1S/C18H19BrFN/c1-2-21-18(16-8-7-14(20)11-17(16)19)10-13-9-12-5-3-4-6-15(12)13/h3-8,11,13,18,21H,2,9-10H2,1H3. The summed E-state index contributed by atoms with van der Waals surface area (Å²) in [6.45, 7) is 3.02. The van der Waals surface area contributed by atoms with Crippen LogP contribution in [0.15, 0.2) is 46.9 Å². The molecule has 3 rings (SSSR count). The van der Waals surface area contributed by atoms with Crippen LogP contribution in [-0.4, -0.2) is 6.54 Å². The van der Waals surface area contributed by atoms with E-state index in [1.54, 1.807) is 12.1 Å². The van der Waals surface area contributed by atoms with Crippen LogP contribution in [0.5, 0.6) is 0 Å². The van der Waals surface area contributed by atoms with Crippen LogP contribution in [0.25, 0.3) is 0 Å². The van der Waals surface area contributed by atoms with Gasteiger partial charge in [-0.1, -0.05) is 53.2 Å². The number of fused-ring (bicyclic) bond motifs is 1. The number of rotatable bonds is 5. The zero-order valence-electron chi connectivity index (χ0n) is 12.1. The van der Waals surface area contributed by atoms with Crippen molar-refractivity contribution in [2.24, 2.45) is 0 Å². The Morgan fingerprint density at radius 3 is 2.81 bits per heavy atom. The molecule has 21 heavy (non-hydrogen) atoms. The maximum atomic E-state index is 13.3. The molecular weight excluding hydrogens is 329 g/mol. The summed E-state index contributed by atoms with van der Waals surface area (Å²) in [6.07, 6.45) is 2.20. The summed E-state index contributed by atoms with van der Waals surface area (Å²) in [7, 11) is 0. The first-order chi connectivity index (χ1) is 10.2. The van der Waals surface area contributed by atoms with Gasteiger partial charge in [-0.2, -0.15) is 0 Å². The molecule has 0 aliphatic heterocycles. The third-order valence-corrected chi connectivity index (χ3v) is 4.96. The van der Waals surface area contributed by atoms with E-state index < -0.39 is 0 Å². The minimum Gasteiger partial charge on any atom is -0.310 e. The fourth-order valence-corrected chi connectivity index (χ4v) is 3.84. The molecule has 2 aromatic rings. The first-order valence-electron chi connectivity index (χ1n) is 7.45. The molecule has 0 spiro atoms. The van der Waals surface area contributed by atoms with Gasteiger partial charge in [0, 0.05) is 10.5 Å². The summed E-state index contributed by atoms with van der Waals surface area (Å²) in [4.78, 5) is 0. The molecule has 2 unspecified atom stereocenters. The van der Waals surface area contributed by atoms with E-state index in [0.29, 0.717) is 5.92 Å². The van der Waals surface area contributed by atoms with E-state index in [-0.39, 0.29) is 11.9 Å². The molecule has 0 saturated heterocycles. The van der Waals surface area contributed by atoms with Crippen LogP contribution < -0.4 is 5.32 Å². The lowest BCUT2D eigenvalue weighted by Crippen LogP contribution is -2.27. The molecule has 2 atom stereocenters. The van der Waals surface area contributed by atoms with E-state index in [0.717, 1.165) is 29.4 Å². The first kappa shape index (κ1) is 14.7. The van der Waals surface area contributed by atoms with Gasteiger partial charge in [-0.15, -0.1) is 0 Å². The zero-order chi connectivity index (χ0) is 14.8. The van der Waals surface area contributed by atoms with Gasteiger partial charge in [-0.3, -0.25) is 0 Å². The van der Waals surface area contributed by atoms with Crippen LogP contribution in [-0.2, 0) is 6.42 Å². The number of nitrogens with one attached hydrogen (secondary N) is 1. The van der Waals surface area contributed by atoms with Crippen LogP contribution in [0.3, 0.4) is 0 Å². The van der Waals surface area contributed by atoms with Crippen molar-refractivity contribution in [1.29, 1.82) is 0 Å². The van der Waals surface area contributed by atoms with E-state index in [9.17, 15) is 4.39 Å². The Hall–Kier alpha value is -1.19. The highest BCUT2D eigenvalue weighted by Crippen LogP contribution is 2.41. The van der Waals surface area contributed by atoms with E-state index >= 15 is 0 Å². The molecule has 0 bridgehead atoms. The van der Waals surface area contributed by atoms with Crippen LogP contribution in [0.1, 0.15) is 42.0 Å². The lowest BCUT2D eigenvalue weighted by molar-refractivity contribution is 0.434. The molecule has 0 fully saturated rings. The largest absolute Gasteiger partial charge is 0.310 e. The first-order valence-corrected chi connectivity index (χ1v) is 8.24. The third kappa shape index (κ3) is 3.04. The van der Waals surface area contributed by atoms with Crippen molar-refractivity contribution in [1.82, 2.24) is 5.32 Å². The van der Waals surface area contributed by atoms with Gasteiger partial charge in [-0.05, 0) is 54.1 Å². The molecule has 0 radical (unpaired) electrons. The summed E-state index contributed by atoms with van der Waals surface area (Å²) in [5.41, 5.74) is 4.08. The van der Waals surface area contributed by atoms with Gasteiger partial charge in [-0.25, -0.2) is 4.39 Å². The summed E-state index contributed by atoms with van der Waals surface area (Å²) in [6, 6.07) is 13.9. The Labute approximate surface area is 133 Å². The molecular formula is C18H19BrFN. The van der Waals surface area contributed by atoms with Gasteiger partial charge in [0.25, 0.3) is 0 Å². The minimum atomic E-state index is -0.199. The lowest BCUT2D eigenvalue weighted by atomic mass is 9.74. The Morgan fingerprint density at radius 1 is 1.29 bits per heavy atom. The lowest BCUT2D eigenvalue weighted by Gasteiger charge is -2.33. The molecule has 0 saturated carbocycles. The predicted octanol–water partition coefficient (Wildman–Crippen LogP) is 4.97. The van der Waals surface area contributed by atoms with Crippen molar-refractivity contribution in [2.45, 2.75) is 31.7 Å². The molecule has 1 nitrogen and oxygen atoms in total. The van der Waals surface area contributed by atoms with E-state index in [1.807, 2.05) is 6.07 Å². The summed E-state index contributed by atoms with van der Waals surface area (Å²) in [5, 5.41) is 3.54. The van der Waals surface area contributed by atoms with Crippen molar-refractivity contribution in [3.8, 4) is 0 Å². The second-order valence-corrected chi connectivity index (χ2v) is 6.47. The van der Waals surface area contributed by atoms with Gasteiger partial charge >= 0.3 is 0 Å². The van der Waals surface area contributed by atoms with Crippen molar-refractivity contribution in [2.75, 3.05) is 6.54 Å². The molecule has 3 heteroatoms. The molecule has 110 valence electrons. The Morgan fingerprint density at radius 2 is 2.10 bits per heavy atom. The van der Waals surface area contributed by atoms with Crippen molar-refractivity contribution >= 4 is 15.9 Å². The fraction of sp³-hybridized carbons (Fsp3) is 0.333. The highest BCUT2D eigenvalue weighted by Gasteiger charge is 2.29. The predicted molar refractivity (Wildman–Crippen MR) is 88.0 cm³/mol. The average molecular weight is 348 g/mol. The number of halogens is 2. The van der Waals surface area contributed by atoms with Crippen LogP contribution >= 0.6 is 15.9 Å². The highest BCUT2D eigenvalue weighted by atomic mass is 79.9. The molecule has 0 amide bonds. The smallest absolute Gasteiger partial charge is 0.124 e. The molecule has 1 N–H and O–H groups in total. The number of hydrogen-bond donors (Lipinski definition) is 1. The van der Waals surface area contributed by atoms with Gasteiger partial charge in [0.2, 0.25) is 0 Å². The van der Waals surface area contributed by atoms with Gasteiger partial charge in [0.05, 0.1) is 0 Å². The highest BCUT2D eigenvalue weighted by molar-refractivity contribution is 9.10. The molecule has 0 heterocycles. The maximum absolute atomic E-state index is 13.3. The quantitative estimate of drug-likeness (QED) is 0.805. The maximum Gasteiger partial charge on any atom is 0.124 e. The number of benzene rings is 2. The van der Waals surface area contributed by atoms with Gasteiger partial charge < -0.3 is 5.32 Å². The van der Waals surface area contributed by atoms with Crippen LogP contribution in [0.2, 0.25) is 0 Å². The minimum absolute atomic E-state index is 0.199. The van der Waals surface area contributed by atoms with Crippen LogP contribution in [0.4, 0.5) is 4.39 Å². The van der Waals surface area contributed by atoms with Crippen molar-refractivity contribution in [3.63, 3.8) is 0 Å². The Kier molecular flexibility index (Phi) is 4.41. The fourth-order valence-electron chi connectivity index (χ4n) is 3.21. The van der Waals surface area contributed by atoms with Crippen molar-refractivity contribution < 1.29 is 4.39 Å². The van der Waals surface area contributed by atoms with E-state index in [1.165, 1.54) is 11.1 Å². The second-order valence-electron chi connectivity index (χ2n) is 5.61. The van der Waals surface area contributed by atoms with Crippen molar-refractivity contribution in [3.05, 3.63) is 69.4 Å². The summed E-state index contributed by atoms with van der Waals surface area (Å²) < 4.78 is 14.1. The Bertz CT molecular complexity index is 641. The normalized spacial score (nSPS) is 18.0. The molecule has 0 aromatic heterocycles. The molecule has 1 aliphatic carbocycles. The Balaban J connectivity index is 1.80. The molecule has 1 aliphatic rings. The average Bonchev–Trinajstić information content (AvgIpc) is 2.44.